The Balaban J connectivity index is 1.54. The highest BCUT2D eigenvalue weighted by Gasteiger charge is 2.28. The summed E-state index contributed by atoms with van der Waals surface area (Å²) in [6.45, 7) is 2.86. The highest BCUT2D eigenvalue weighted by atomic mass is 16.7. The van der Waals surface area contributed by atoms with Gasteiger partial charge >= 0.3 is 5.97 Å². The van der Waals surface area contributed by atoms with Crippen molar-refractivity contribution in [3.8, 4) is 11.5 Å². The van der Waals surface area contributed by atoms with Gasteiger partial charge in [0, 0.05) is 19.6 Å². The molecule has 0 unspecified atom stereocenters. The van der Waals surface area contributed by atoms with Gasteiger partial charge in [0.05, 0.1) is 6.42 Å². The standard InChI is InChI=1S/C13H15NO4/c15-13(16)4-10-6-14(7-10)5-9-1-2-11-12(3-9)18-8-17-11/h1-3,10H,4-8H2,(H,15,16). The van der Waals surface area contributed by atoms with Crippen molar-refractivity contribution in [2.45, 2.75) is 13.0 Å². The number of rotatable bonds is 4. The molecule has 1 aromatic carbocycles. The molecule has 2 heterocycles. The van der Waals surface area contributed by atoms with E-state index in [4.69, 9.17) is 14.6 Å². The summed E-state index contributed by atoms with van der Waals surface area (Å²) in [6, 6.07) is 5.94. The Bertz CT molecular complexity index is 468. The van der Waals surface area contributed by atoms with E-state index in [0.717, 1.165) is 31.1 Å². The number of hydrogen-bond donors (Lipinski definition) is 1. The van der Waals surface area contributed by atoms with Gasteiger partial charge in [-0.1, -0.05) is 6.07 Å². The molecule has 1 aromatic rings. The van der Waals surface area contributed by atoms with Crippen LogP contribution in [0.15, 0.2) is 18.2 Å². The summed E-state index contributed by atoms with van der Waals surface area (Å²) in [6.07, 6.45) is 0.275. The van der Waals surface area contributed by atoms with Crippen LogP contribution < -0.4 is 9.47 Å². The summed E-state index contributed by atoms with van der Waals surface area (Å²) in [4.78, 5) is 12.8. The number of carbonyl (C=O) groups is 1. The van der Waals surface area contributed by atoms with Crippen molar-refractivity contribution in [3.63, 3.8) is 0 Å². The van der Waals surface area contributed by atoms with E-state index in [9.17, 15) is 4.79 Å². The molecule has 0 spiro atoms. The van der Waals surface area contributed by atoms with Crippen LogP contribution in [0.2, 0.25) is 0 Å². The minimum absolute atomic E-state index is 0.275. The third kappa shape index (κ3) is 2.26. The average Bonchev–Trinajstić information content (AvgIpc) is 2.72. The molecule has 0 saturated carbocycles. The lowest BCUT2D eigenvalue weighted by Gasteiger charge is -2.38. The highest BCUT2D eigenvalue weighted by Crippen LogP contribution is 2.33. The van der Waals surface area contributed by atoms with Crippen molar-refractivity contribution in [2.24, 2.45) is 5.92 Å². The quantitative estimate of drug-likeness (QED) is 0.872. The zero-order valence-electron chi connectivity index (χ0n) is 9.96. The minimum Gasteiger partial charge on any atom is -0.481 e. The van der Waals surface area contributed by atoms with E-state index in [1.165, 1.54) is 5.56 Å². The van der Waals surface area contributed by atoms with E-state index in [-0.39, 0.29) is 6.42 Å². The Labute approximate surface area is 105 Å². The maximum Gasteiger partial charge on any atom is 0.303 e. The zero-order chi connectivity index (χ0) is 12.5. The highest BCUT2D eigenvalue weighted by molar-refractivity contribution is 5.67. The van der Waals surface area contributed by atoms with Crippen molar-refractivity contribution in [3.05, 3.63) is 23.8 Å². The summed E-state index contributed by atoms with van der Waals surface area (Å²) in [5.41, 5.74) is 1.17. The Hall–Kier alpha value is -1.75. The lowest BCUT2D eigenvalue weighted by atomic mass is 9.96. The molecule has 0 aliphatic carbocycles. The number of hydrogen-bond acceptors (Lipinski definition) is 4. The molecule has 0 aromatic heterocycles. The lowest BCUT2D eigenvalue weighted by Crippen LogP contribution is -2.46. The van der Waals surface area contributed by atoms with Gasteiger partial charge in [0.1, 0.15) is 0 Å². The summed E-state index contributed by atoms with van der Waals surface area (Å²) < 4.78 is 10.6. The number of benzene rings is 1. The van der Waals surface area contributed by atoms with Crippen molar-refractivity contribution < 1.29 is 19.4 Å². The molecular weight excluding hydrogens is 234 g/mol. The number of carboxylic acids is 1. The molecule has 5 heteroatoms. The smallest absolute Gasteiger partial charge is 0.303 e. The second-order valence-electron chi connectivity index (χ2n) is 4.85. The Morgan fingerprint density at radius 2 is 2.11 bits per heavy atom. The van der Waals surface area contributed by atoms with Crippen LogP contribution in [0.4, 0.5) is 0 Å². The van der Waals surface area contributed by atoms with Crippen molar-refractivity contribution in [1.82, 2.24) is 4.90 Å². The van der Waals surface area contributed by atoms with Gasteiger partial charge in [-0.05, 0) is 23.6 Å². The molecule has 0 amide bonds. The largest absolute Gasteiger partial charge is 0.481 e. The molecular formula is C13H15NO4. The van der Waals surface area contributed by atoms with Crippen molar-refractivity contribution in [2.75, 3.05) is 19.9 Å². The predicted octanol–water partition coefficient (Wildman–Crippen LogP) is 1.32. The van der Waals surface area contributed by atoms with Crippen LogP contribution in [0, 0.1) is 5.92 Å². The normalized spacial score (nSPS) is 18.7. The SMILES string of the molecule is O=C(O)CC1CN(Cc2ccc3c(c2)OCO3)C1. The number of carboxylic acid groups (broad SMARTS) is 1. The van der Waals surface area contributed by atoms with Crippen LogP contribution in [0.3, 0.4) is 0 Å². The van der Waals surface area contributed by atoms with Gasteiger partial charge in [0.25, 0.3) is 0 Å². The molecule has 2 aliphatic rings. The van der Waals surface area contributed by atoms with Gasteiger partial charge in [-0.25, -0.2) is 0 Å². The van der Waals surface area contributed by atoms with Gasteiger partial charge in [0.15, 0.2) is 11.5 Å². The van der Waals surface area contributed by atoms with Crippen molar-refractivity contribution in [1.29, 1.82) is 0 Å². The number of fused-ring (bicyclic) bond motifs is 1. The molecule has 5 nitrogen and oxygen atoms in total. The van der Waals surface area contributed by atoms with Crippen LogP contribution in [0.1, 0.15) is 12.0 Å². The van der Waals surface area contributed by atoms with Crippen molar-refractivity contribution >= 4 is 5.97 Å². The second kappa shape index (κ2) is 4.49. The topological polar surface area (TPSA) is 59.0 Å². The molecule has 18 heavy (non-hydrogen) atoms. The average molecular weight is 249 g/mol. The number of ether oxygens (including phenoxy) is 2. The summed E-state index contributed by atoms with van der Waals surface area (Å²) >= 11 is 0. The Kier molecular flexibility index (Phi) is 2.83. The van der Waals surface area contributed by atoms with Crippen LogP contribution in [0.25, 0.3) is 0 Å². The summed E-state index contributed by atoms with van der Waals surface area (Å²) in [5, 5.41) is 8.68. The van der Waals surface area contributed by atoms with Crippen LogP contribution in [-0.2, 0) is 11.3 Å². The van der Waals surface area contributed by atoms with E-state index in [2.05, 4.69) is 4.90 Å². The number of aliphatic carboxylic acids is 1. The Morgan fingerprint density at radius 3 is 2.89 bits per heavy atom. The maximum absolute atomic E-state index is 10.5. The molecule has 0 radical (unpaired) electrons. The van der Waals surface area contributed by atoms with Gasteiger partial charge in [0.2, 0.25) is 6.79 Å². The molecule has 1 saturated heterocycles. The molecule has 1 N–H and O–H groups in total. The van der Waals surface area contributed by atoms with Gasteiger partial charge in [-0.15, -0.1) is 0 Å². The summed E-state index contributed by atoms with van der Waals surface area (Å²) in [7, 11) is 0. The Morgan fingerprint density at radius 1 is 1.33 bits per heavy atom. The fourth-order valence-electron chi connectivity index (χ4n) is 2.48. The van der Waals surface area contributed by atoms with E-state index in [0.29, 0.717) is 12.7 Å². The first-order valence-electron chi connectivity index (χ1n) is 6.03. The first kappa shape index (κ1) is 11.3. The van der Waals surface area contributed by atoms with E-state index in [1.807, 2.05) is 18.2 Å². The zero-order valence-corrected chi connectivity index (χ0v) is 9.96. The van der Waals surface area contributed by atoms with E-state index >= 15 is 0 Å². The molecule has 3 rings (SSSR count). The lowest BCUT2D eigenvalue weighted by molar-refractivity contribution is -0.139. The van der Waals surface area contributed by atoms with Gasteiger partial charge in [-0.2, -0.15) is 0 Å². The van der Waals surface area contributed by atoms with E-state index < -0.39 is 5.97 Å². The van der Waals surface area contributed by atoms with Crippen LogP contribution in [0.5, 0.6) is 11.5 Å². The second-order valence-corrected chi connectivity index (χ2v) is 4.85. The first-order valence-corrected chi connectivity index (χ1v) is 6.03. The van der Waals surface area contributed by atoms with E-state index in [1.54, 1.807) is 0 Å². The molecule has 96 valence electrons. The number of nitrogens with zero attached hydrogens (tertiary/aromatic N) is 1. The molecule has 0 bridgehead atoms. The third-order valence-electron chi connectivity index (χ3n) is 3.34. The van der Waals surface area contributed by atoms with Crippen LogP contribution >= 0.6 is 0 Å². The fraction of sp³-hybridized carbons (Fsp3) is 0.462. The maximum atomic E-state index is 10.5. The molecule has 0 atom stereocenters. The summed E-state index contributed by atoms with van der Waals surface area (Å²) in [5.74, 6) is 1.19. The molecule has 1 fully saturated rings. The first-order chi connectivity index (χ1) is 8.70. The monoisotopic (exact) mass is 249 g/mol. The van der Waals surface area contributed by atoms with Gasteiger partial charge < -0.3 is 14.6 Å². The third-order valence-corrected chi connectivity index (χ3v) is 3.34. The predicted molar refractivity (Wildman–Crippen MR) is 63.6 cm³/mol. The number of likely N-dealkylation sites (tertiary alicyclic amines) is 1. The minimum atomic E-state index is -0.706. The molecule has 2 aliphatic heterocycles. The fourth-order valence-corrected chi connectivity index (χ4v) is 2.48. The van der Waals surface area contributed by atoms with Crippen LogP contribution in [-0.4, -0.2) is 35.9 Å². The van der Waals surface area contributed by atoms with Gasteiger partial charge in [-0.3, -0.25) is 9.69 Å².